The molecule has 0 unspecified atom stereocenters. The molecule has 1 atom stereocenters. The van der Waals surface area contributed by atoms with Crippen molar-refractivity contribution in [2.75, 3.05) is 0 Å². The van der Waals surface area contributed by atoms with E-state index in [1.807, 2.05) is 6.92 Å². The van der Waals surface area contributed by atoms with Gasteiger partial charge in [0, 0.05) is 12.1 Å². The topological polar surface area (TPSA) is 72.2 Å². The summed E-state index contributed by atoms with van der Waals surface area (Å²) in [5.74, 6) is 0.266. The smallest absolute Gasteiger partial charge is 0.282 e. The molecule has 110 valence electrons. The van der Waals surface area contributed by atoms with Crippen molar-refractivity contribution in [3.63, 3.8) is 0 Å². The Bertz CT molecular complexity index is 472. The second-order valence-electron chi connectivity index (χ2n) is 5.47. The number of para-hydroxylation sites is 1. The summed E-state index contributed by atoms with van der Waals surface area (Å²) in [4.78, 5) is 22.4. The van der Waals surface area contributed by atoms with Crippen LogP contribution in [0.2, 0.25) is 0 Å². The van der Waals surface area contributed by atoms with Gasteiger partial charge in [-0.2, -0.15) is 0 Å². The van der Waals surface area contributed by atoms with Crippen LogP contribution in [0.25, 0.3) is 0 Å². The first-order valence-corrected chi connectivity index (χ1v) is 6.96. The monoisotopic (exact) mass is 278 g/mol. The number of amides is 1. The van der Waals surface area contributed by atoms with Crippen LogP contribution in [0.3, 0.4) is 0 Å². The van der Waals surface area contributed by atoms with Gasteiger partial charge in [0.05, 0.1) is 4.92 Å². The van der Waals surface area contributed by atoms with Crippen LogP contribution in [0.15, 0.2) is 24.3 Å². The van der Waals surface area contributed by atoms with Crippen LogP contribution < -0.4 is 5.32 Å². The highest BCUT2D eigenvalue weighted by molar-refractivity contribution is 5.98. The molecule has 0 saturated heterocycles. The number of hydrogen-bond donors (Lipinski definition) is 1. The average Bonchev–Trinajstić information content (AvgIpc) is 2.38. The summed E-state index contributed by atoms with van der Waals surface area (Å²) < 4.78 is 0. The fourth-order valence-electron chi connectivity index (χ4n) is 2.03. The SMILES string of the molecule is CC(C)CCC[C@@H](C)NC(=O)c1ccccc1[N+](=O)[O-]. The molecule has 1 aromatic carbocycles. The molecule has 5 heteroatoms. The number of nitrogens with one attached hydrogen (secondary N) is 1. The van der Waals surface area contributed by atoms with Crippen molar-refractivity contribution in [2.45, 2.75) is 46.1 Å². The maximum Gasteiger partial charge on any atom is 0.282 e. The summed E-state index contributed by atoms with van der Waals surface area (Å²) in [7, 11) is 0. The highest BCUT2D eigenvalue weighted by atomic mass is 16.6. The molecule has 1 rings (SSSR count). The first-order valence-electron chi connectivity index (χ1n) is 6.96. The highest BCUT2D eigenvalue weighted by Crippen LogP contribution is 2.18. The molecular formula is C15H22N2O3. The maximum absolute atomic E-state index is 12.1. The number of nitro benzene ring substituents is 1. The Hall–Kier alpha value is -1.91. The third-order valence-electron chi connectivity index (χ3n) is 3.14. The lowest BCUT2D eigenvalue weighted by Gasteiger charge is -2.14. The first-order chi connectivity index (χ1) is 9.41. The van der Waals surface area contributed by atoms with E-state index in [1.54, 1.807) is 12.1 Å². The molecule has 1 N–H and O–H groups in total. The van der Waals surface area contributed by atoms with E-state index in [4.69, 9.17) is 0 Å². The first kappa shape index (κ1) is 16.1. The van der Waals surface area contributed by atoms with E-state index in [9.17, 15) is 14.9 Å². The Labute approximate surface area is 119 Å². The molecule has 0 saturated carbocycles. The van der Waals surface area contributed by atoms with E-state index < -0.39 is 4.92 Å². The fraction of sp³-hybridized carbons (Fsp3) is 0.533. The zero-order chi connectivity index (χ0) is 15.1. The minimum absolute atomic E-state index is 0.0149. The number of nitrogens with zero attached hydrogens (tertiary/aromatic N) is 1. The van der Waals surface area contributed by atoms with Gasteiger partial charge in [0.25, 0.3) is 11.6 Å². The summed E-state index contributed by atoms with van der Waals surface area (Å²) in [6, 6.07) is 6.03. The molecule has 0 heterocycles. The van der Waals surface area contributed by atoms with Crippen molar-refractivity contribution >= 4 is 11.6 Å². The number of carbonyl (C=O) groups excluding carboxylic acids is 1. The lowest BCUT2D eigenvalue weighted by molar-refractivity contribution is -0.385. The van der Waals surface area contributed by atoms with Crippen LogP contribution in [-0.4, -0.2) is 16.9 Å². The average molecular weight is 278 g/mol. The fourth-order valence-corrected chi connectivity index (χ4v) is 2.03. The van der Waals surface area contributed by atoms with Crippen LogP contribution >= 0.6 is 0 Å². The van der Waals surface area contributed by atoms with Crippen LogP contribution in [0.1, 0.15) is 50.4 Å². The number of hydrogen-bond acceptors (Lipinski definition) is 3. The lowest BCUT2D eigenvalue weighted by Crippen LogP contribution is -2.32. The molecule has 0 aliphatic heterocycles. The lowest BCUT2D eigenvalue weighted by atomic mass is 10.0. The van der Waals surface area contributed by atoms with Gasteiger partial charge < -0.3 is 5.32 Å². The third-order valence-corrected chi connectivity index (χ3v) is 3.14. The van der Waals surface area contributed by atoms with Gasteiger partial charge in [-0.25, -0.2) is 0 Å². The summed E-state index contributed by atoms with van der Waals surface area (Å²) in [6.07, 6.45) is 3.03. The van der Waals surface area contributed by atoms with Gasteiger partial charge in [-0.1, -0.05) is 38.8 Å². The van der Waals surface area contributed by atoms with E-state index in [2.05, 4.69) is 19.2 Å². The second kappa shape index (κ2) is 7.62. The van der Waals surface area contributed by atoms with Gasteiger partial charge >= 0.3 is 0 Å². The Morgan fingerprint density at radius 3 is 2.50 bits per heavy atom. The maximum atomic E-state index is 12.1. The number of rotatable bonds is 7. The van der Waals surface area contributed by atoms with E-state index in [0.717, 1.165) is 19.3 Å². The highest BCUT2D eigenvalue weighted by Gasteiger charge is 2.20. The minimum Gasteiger partial charge on any atom is -0.349 e. The minimum atomic E-state index is -0.529. The van der Waals surface area contributed by atoms with Crippen LogP contribution in [0.5, 0.6) is 0 Å². The number of benzene rings is 1. The zero-order valence-electron chi connectivity index (χ0n) is 12.3. The van der Waals surface area contributed by atoms with Gasteiger partial charge in [-0.05, 0) is 25.3 Å². The number of carbonyl (C=O) groups is 1. The summed E-state index contributed by atoms with van der Waals surface area (Å²) in [6.45, 7) is 6.25. The van der Waals surface area contributed by atoms with E-state index >= 15 is 0 Å². The zero-order valence-corrected chi connectivity index (χ0v) is 12.3. The molecule has 0 bridgehead atoms. The standard InChI is InChI=1S/C15H22N2O3/c1-11(2)7-6-8-12(3)16-15(18)13-9-4-5-10-14(13)17(19)20/h4-5,9-12H,6-8H2,1-3H3,(H,16,18)/t12-/m1/s1. The van der Waals surface area contributed by atoms with Crippen molar-refractivity contribution in [3.8, 4) is 0 Å². The van der Waals surface area contributed by atoms with Crippen molar-refractivity contribution in [1.29, 1.82) is 0 Å². The van der Waals surface area contributed by atoms with Crippen LogP contribution in [0.4, 0.5) is 5.69 Å². The number of nitro groups is 1. The third kappa shape index (κ3) is 4.99. The molecule has 0 aliphatic rings. The van der Waals surface area contributed by atoms with Crippen molar-refractivity contribution in [1.82, 2.24) is 5.32 Å². The van der Waals surface area contributed by atoms with Crippen LogP contribution in [0, 0.1) is 16.0 Å². The molecule has 1 aromatic rings. The van der Waals surface area contributed by atoms with Gasteiger partial charge in [-0.15, -0.1) is 0 Å². The van der Waals surface area contributed by atoms with Gasteiger partial charge in [-0.3, -0.25) is 14.9 Å². The van der Waals surface area contributed by atoms with Gasteiger partial charge in [0.2, 0.25) is 0 Å². The predicted molar refractivity (Wildman–Crippen MR) is 78.7 cm³/mol. The van der Waals surface area contributed by atoms with E-state index in [-0.39, 0.29) is 23.2 Å². The molecule has 0 fully saturated rings. The van der Waals surface area contributed by atoms with Crippen LogP contribution in [-0.2, 0) is 0 Å². The second-order valence-corrected chi connectivity index (χ2v) is 5.47. The molecule has 0 radical (unpaired) electrons. The Morgan fingerprint density at radius 1 is 1.25 bits per heavy atom. The molecule has 5 nitrogen and oxygen atoms in total. The van der Waals surface area contributed by atoms with Gasteiger partial charge in [0.15, 0.2) is 0 Å². The molecular weight excluding hydrogens is 256 g/mol. The molecule has 20 heavy (non-hydrogen) atoms. The van der Waals surface area contributed by atoms with E-state index in [0.29, 0.717) is 5.92 Å². The summed E-state index contributed by atoms with van der Waals surface area (Å²) in [5, 5.41) is 13.7. The van der Waals surface area contributed by atoms with Crippen molar-refractivity contribution in [3.05, 3.63) is 39.9 Å². The van der Waals surface area contributed by atoms with E-state index in [1.165, 1.54) is 12.1 Å². The molecule has 1 amide bonds. The van der Waals surface area contributed by atoms with Crippen molar-refractivity contribution < 1.29 is 9.72 Å². The normalized spacial score (nSPS) is 12.2. The largest absolute Gasteiger partial charge is 0.349 e. The summed E-state index contributed by atoms with van der Waals surface area (Å²) >= 11 is 0. The predicted octanol–water partition coefficient (Wildman–Crippen LogP) is 3.54. The Morgan fingerprint density at radius 2 is 1.90 bits per heavy atom. The summed E-state index contributed by atoms with van der Waals surface area (Å²) in [5.41, 5.74) is -0.0346. The molecule has 0 spiro atoms. The van der Waals surface area contributed by atoms with Gasteiger partial charge in [0.1, 0.15) is 5.56 Å². The quantitative estimate of drug-likeness (QED) is 0.612. The molecule has 0 aliphatic carbocycles. The molecule has 0 aromatic heterocycles. The Balaban J connectivity index is 2.60. The Kier molecular flexibility index (Phi) is 6.15. The van der Waals surface area contributed by atoms with Crippen molar-refractivity contribution in [2.24, 2.45) is 5.92 Å².